The van der Waals surface area contributed by atoms with Crippen LogP contribution in [0.15, 0.2) is 24.3 Å². The normalized spacial score (nSPS) is 12.4. The summed E-state index contributed by atoms with van der Waals surface area (Å²) in [5.41, 5.74) is 1.01. The van der Waals surface area contributed by atoms with E-state index < -0.39 is 14.6 Å². The van der Waals surface area contributed by atoms with E-state index in [2.05, 4.69) is 0 Å². The smallest absolute Gasteiger partial charge is 0.158 e. The number of sulfone groups is 1. The van der Waals surface area contributed by atoms with Crippen LogP contribution in [0.1, 0.15) is 26.3 Å². The Morgan fingerprint density at radius 1 is 1.17 bits per heavy atom. The number of alkyl halides is 1. The molecular weight excluding hydrogens is 272 g/mol. The average molecular weight is 291 g/mol. The zero-order valence-electron chi connectivity index (χ0n) is 10.9. The maximum absolute atomic E-state index is 11.8. The largest absolute Gasteiger partial charge is 0.493 e. The Balaban J connectivity index is 2.52. The van der Waals surface area contributed by atoms with Crippen molar-refractivity contribution in [3.05, 3.63) is 29.8 Å². The van der Waals surface area contributed by atoms with Gasteiger partial charge < -0.3 is 4.74 Å². The summed E-state index contributed by atoms with van der Waals surface area (Å²) in [5, 5.41) is 0. The highest BCUT2D eigenvalue weighted by atomic mass is 35.5. The first-order valence-electron chi connectivity index (χ1n) is 5.76. The lowest BCUT2D eigenvalue weighted by Crippen LogP contribution is -2.32. The molecule has 0 aliphatic heterocycles. The van der Waals surface area contributed by atoms with E-state index in [0.717, 1.165) is 5.56 Å². The lowest BCUT2D eigenvalue weighted by atomic mass is 10.2. The van der Waals surface area contributed by atoms with Crippen molar-refractivity contribution >= 4 is 21.4 Å². The average Bonchev–Trinajstić information content (AvgIpc) is 2.28. The fraction of sp³-hybridized carbons (Fsp3) is 0.538. The number of benzene rings is 1. The summed E-state index contributed by atoms with van der Waals surface area (Å²) >= 11 is 5.67. The highest BCUT2D eigenvalue weighted by molar-refractivity contribution is 7.92. The minimum absolute atomic E-state index is 0.0216. The first-order chi connectivity index (χ1) is 8.26. The van der Waals surface area contributed by atoms with Gasteiger partial charge in [-0.25, -0.2) is 8.42 Å². The molecule has 3 nitrogen and oxygen atoms in total. The molecule has 0 radical (unpaired) electrons. The molecular formula is C13H19ClO3S. The summed E-state index contributed by atoms with van der Waals surface area (Å²) in [6.45, 7) is 5.24. The monoisotopic (exact) mass is 290 g/mol. The van der Waals surface area contributed by atoms with E-state index >= 15 is 0 Å². The van der Waals surface area contributed by atoms with Gasteiger partial charge in [0.05, 0.1) is 10.5 Å². The quantitative estimate of drug-likeness (QED) is 0.783. The van der Waals surface area contributed by atoms with E-state index in [1.807, 2.05) is 12.1 Å². The molecule has 0 unspecified atom stereocenters. The molecule has 1 rings (SSSR count). The third kappa shape index (κ3) is 4.18. The molecule has 102 valence electrons. The number of ether oxygens (including phenoxy) is 1. The minimum atomic E-state index is -3.13. The van der Waals surface area contributed by atoms with Gasteiger partial charge in [-0.1, -0.05) is 12.1 Å². The summed E-state index contributed by atoms with van der Waals surface area (Å²) in [7, 11) is -3.13. The molecule has 0 bridgehead atoms. The molecule has 0 saturated carbocycles. The van der Waals surface area contributed by atoms with E-state index in [1.54, 1.807) is 32.9 Å². The summed E-state index contributed by atoms with van der Waals surface area (Å²) in [4.78, 5) is 0. The number of halogens is 1. The third-order valence-electron chi connectivity index (χ3n) is 2.63. The Morgan fingerprint density at radius 3 is 2.17 bits per heavy atom. The predicted molar refractivity (Wildman–Crippen MR) is 75.0 cm³/mol. The van der Waals surface area contributed by atoms with Crippen LogP contribution in [-0.2, 0) is 15.7 Å². The van der Waals surface area contributed by atoms with Gasteiger partial charge in [-0.05, 0) is 38.5 Å². The molecule has 0 aliphatic rings. The lowest BCUT2D eigenvalue weighted by Gasteiger charge is -2.19. The number of rotatable bonds is 5. The summed E-state index contributed by atoms with van der Waals surface area (Å²) in [6, 6.07) is 7.31. The molecule has 1 aromatic rings. The van der Waals surface area contributed by atoms with Crippen molar-refractivity contribution in [2.45, 2.75) is 31.4 Å². The number of hydrogen-bond acceptors (Lipinski definition) is 3. The fourth-order valence-corrected chi connectivity index (χ4v) is 2.34. The molecule has 0 spiro atoms. The van der Waals surface area contributed by atoms with Gasteiger partial charge in [-0.15, -0.1) is 11.6 Å². The van der Waals surface area contributed by atoms with Crippen LogP contribution >= 0.6 is 11.6 Å². The third-order valence-corrected chi connectivity index (χ3v) is 5.51. The van der Waals surface area contributed by atoms with Gasteiger partial charge in [0.1, 0.15) is 12.4 Å². The van der Waals surface area contributed by atoms with E-state index in [1.165, 1.54) is 0 Å². The molecule has 18 heavy (non-hydrogen) atoms. The van der Waals surface area contributed by atoms with E-state index in [-0.39, 0.29) is 12.4 Å². The molecule has 5 heteroatoms. The van der Waals surface area contributed by atoms with Crippen molar-refractivity contribution in [2.75, 3.05) is 12.4 Å². The zero-order valence-corrected chi connectivity index (χ0v) is 12.5. The second kappa shape index (κ2) is 5.93. The van der Waals surface area contributed by atoms with Crippen molar-refractivity contribution in [2.24, 2.45) is 0 Å². The highest BCUT2D eigenvalue weighted by Crippen LogP contribution is 2.17. The van der Waals surface area contributed by atoms with Crippen molar-refractivity contribution in [1.29, 1.82) is 0 Å². The summed E-state index contributed by atoms with van der Waals surface area (Å²) < 4.78 is 28.4. The molecule has 0 saturated heterocycles. The molecule has 0 fully saturated rings. The molecule has 0 aliphatic carbocycles. The van der Waals surface area contributed by atoms with Gasteiger partial charge in [0.2, 0.25) is 0 Å². The van der Waals surface area contributed by atoms with Crippen LogP contribution in [0.2, 0.25) is 0 Å². The second-order valence-electron chi connectivity index (χ2n) is 5.06. The molecule has 0 amide bonds. The van der Waals surface area contributed by atoms with Crippen LogP contribution in [0, 0.1) is 0 Å². The fourth-order valence-electron chi connectivity index (χ4n) is 1.25. The van der Waals surface area contributed by atoms with Gasteiger partial charge >= 0.3 is 0 Å². The highest BCUT2D eigenvalue weighted by Gasteiger charge is 2.28. The van der Waals surface area contributed by atoms with Gasteiger partial charge in [0.25, 0.3) is 0 Å². The van der Waals surface area contributed by atoms with Crippen LogP contribution in [0.3, 0.4) is 0 Å². The molecule has 0 N–H and O–H groups in total. The van der Waals surface area contributed by atoms with Crippen molar-refractivity contribution in [3.8, 4) is 5.75 Å². The second-order valence-corrected chi connectivity index (χ2v) is 8.19. The Morgan fingerprint density at radius 2 is 1.72 bits per heavy atom. The Hall–Kier alpha value is -0.740. The summed E-state index contributed by atoms with van der Waals surface area (Å²) in [5.74, 6) is 1.14. The van der Waals surface area contributed by atoms with Crippen LogP contribution in [-0.4, -0.2) is 25.5 Å². The van der Waals surface area contributed by atoms with Crippen LogP contribution in [0.25, 0.3) is 0 Å². The van der Waals surface area contributed by atoms with Crippen molar-refractivity contribution in [1.82, 2.24) is 0 Å². The maximum Gasteiger partial charge on any atom is 0.158 e. The van der Waals surface area contributed by atoms with E-state index in [4.69, 9.17) is 16.3 Å². The zero-order chi connectivity index (χ0) is 13.8. The predicted octanol–water partition coefficient (Wildman–Crippen LogP) is 3.02. The van der Waals surface area contributed by atoms with Gasteiger partial charge in [0.15, 0.2) is 9.84 Å². The van der Waals surface area contributed by atoms with Crippen molar-refractivity contribution in [3.63, 3.8) is 0 Å². The lowest BCUT2D eigenvalue weighted by molar-refractivity contribution is 0.339. The maximum atomic E-state index is 11.8. The van der Waals surface area contributed by atoms with Crippen LogP contribution in [0.4, 0.5) is 0 Å². The van der Waals surface area contributed by atoms with Gasteiger partial charge in [-0.3, -0.25) is 0 Å². The van der Waals surface area contributed by atoms with Gasteiger partial charge in [-0.2, -0.15) is 0 Å². The van der Waals surface area contributed by atoms with E-state index in [0.29, 0.717) is 11.6 Å². The molecule has 0 atom stereocenters. The Labute approximate surface area is 114 Å². The minimum Gasteiger partial charge on any atom is -0.493 e. The summed E-state index contributed by atoms with van der Waals surface area (Å²) in [6.07, 6.45) is 0. The molecule has 1 aromatic carbocycles. The molecule has 0 aromatic heterocycles. The Kier molecular flexibility index (Phi) is 5.05. The topological polar surface area (TPSA) is 43.4 Å². The first-order valence-corrected chi connectivity index (χ1v) is 7.95. The first kappa shape index (κ1) is 15.3. The SMILES string of the molecule is CC(C)(C)S(=O)(=O)CCOc1ccc(CCl)cc1. The molecule has 0 heterocycles. The van der Waals surface area contributed by atoms with Crippen LogP contribution < -0.4 is 4.74 Å². The Bertz CT molecular complexity index is 472. The number of hydrogen-bond donors (Lipinski definition) is 0. The standard InChI is InChI=1S/C13H19ClO3S/c1-13(2,3)18(15,16)9-8-17-12-6-4-11(10-14)5-7-12/h4-7H,8-10H2,1-3H3. The van der Waals surface area contributed by atoms with Gasteiger partial charge in [0, 0.05) is 5.88 Å². The van der Waals surface area contributed by atoms with Crippen LogP contribution in [0.5, 0.6) is 5.75 Å². The van der Waals surface area contributed by atoms with Crippen molar-refractivity contribution < 1.29 is 13.2 Å². The van der Waals surface area contributed by atoms with E-state index in [9.17, 15) is 8.42 Å².